The molecule has 2 aromatic rings. The van der Waals surface area contributed by atoms with E-state index in [-0.39, 0.29) is 5.91 Å². The molecular weight excluding hydrogens is 461 g/mol. The van der Waals surface area contributed by atoms with E-state index in [1.165, 1.54) is 90.4 Å². The van der Waals surface area contributed by atoms with Crippen LogP contribution in [0.5, 0.6) is 0 Å². The van der Waals surface area contributed by atoms with Crippen LogP contribution in [-0.2, 0) is 4.79 Å². The van der Waals surface area contributed by atoms with Gasteiger partial charge in [0.15, 0.2) is 8.31 Å². The first-order chi connectivity index (χ1) is 15.2. The lowest BCUT2D eigenvalue weighted by Crippen LogP contribution is -2.23. The smallest absolute Gasteiger partial charge is 0.266 e. The quantitative estimate of drug-likeness (QED) is 0.160. The molecule has 0 N–H and O–H groups in total. The molecule has 0 bridgehead atoms. The number of benzene rings is 1. The van der Waals surface area contributed by atoms with Gasteiger partial charge in [-0.3, -0.25) is 4.79 Å². The predicted molar refractivity (Wildman–Crippen MR) is 141 cm³/mol. The summed E-state index contributed by atoms with van der Waals surface area (Å²) in [6, 6.07) is 8.19. The molecule has 2 heterocycles. The summed E-state index contributed by atoms with van der Waals surface area (Å²) in [5, 5.41) is 5.93. The van der Waals surface area contributed by atoms with Crippen LogP contribution in [0.2, 0.25) is 0 Å². The third-order valence-corrected chi connectivity index (χ3v) is 8.96. The second-order valence-electron chi connectivity index (χ2n) is 7.89. The molecule has 7 heteroatoms. The Hall–Kier alpha value is -1.02. The van der Waals surface area contributed by atoms with Crippen LogP contribution < -0.4 is 3.98 Å². The van der Waals surface area contributed by atoms with Crippen LogP contribution in [0.4, 0.5) is 0 Å². The normalized spacial score (nSPS) is 15.5. The number of allylic oxidation sites excluding steroid dienone is 1. The lowest BCUT2D eigenvalue weighted by atomic mass is 10.1. The molecule has 3 nitrogen and oxygen atoms in total. The van der Waals surface area contributed by atoms with Gasteiger partial charge < -0.3 is 0 Å². The highest BCUT2D eigenvalue weighted by atomic mass is 32.2. The summed E-state index contributed by atoms with van der Waals surface area (Å²) >= 11 is 9.98. The van der Waals surface area contributed by atoms with E-state index >= 15 is 0 Å². The highest BCUT2D eigenvalue weighted by molar-refractivity contribution is 8.26. The Labute approximate surface area is 203 Å². The fraction of sp³-hybridized carbons (Fsp3) is 0.542. The van der Waals surface area contributed by atoms with Gasteiger partial charge in [-0.1, -0.05) is 101 Å². The van der Waals surface area contributed by atoms with E-state index in [0.29, 0.717) is 4.32 Å². The Balaban J connectivity index is 1.37. The van der Waals surface area contributed by atoms with Crippen molar-refractivity contribution in [2.45, 2.75) is 84.0 Å². The molecule has 0 unspecified atom stereocenters. The minimum atomic E-state index is -0.0808. The largest absolute Gasteiger partial charge is 0.286 e. The van der Waals surface area contributed by atoms with Gasteiger partial charge in [0.2, 0.25) is 0 Å². The maximum Gasteiger partial charge on any atom is 0.286 e. The molecule has 0 aliphatic carbocycles. The SMILES string of the molecule is CCCCCCCCCCCCC/C=C1/SC(=S)N(N=c2sc3ccccc3s2)C1=O. The zero-order valence-electron chi connectivity index (χ0n) is 18.3. The van der Waals surface area contributed by atoms with E-state index in [9.17, 15) is 4.79 Å². The second kappa shape index (κ2) is 13.5. The van der Waals surface area contributed by atoms with E-state index in [2.05, 4.69) is 30.2 Å². The molecule has 31 heavy (non-hydrogen) atoms. The highest BCUT2D eigenvalue weighted by Crippen LogP contribution is 2.32. The number of fused-ring (bicyclic) bond motifs is 1. The Morgan fingerprint density at radius 3 is 2.03 bits per heavy atom. The molecule has 1 amide bonds. The second-order valence-corrected chi connectivity index (χ2v) is 11.9. The fourth-order valence-electron chi connectivity index (χ4n) is 3.58. The van der Waals surface area contributed by atoms with Gasteiger partial charge >= 0.3 is 0 Å². The fourth-order valence-corrected chi connectivity index (χ4v) is 6.95. The summed E-state index contributed by atoms with van der Waals surface area (Å²) in [7, 11) is 0. The number of rotatable bonds is 13. The van der Waals surface area contributed by atoms with Crippen LogP contribution >= 0.6 is 46.7 Å². The number of carbonyl (C=O) groups is 1. The molecule has 1 aromatic carbocycles. The Kier molecular flexibility index (Phi) is 10.7. The first kappa shape index (κ1) is 24.6. The molecule has 1 aromatic heterocycles. The van der Waals surface area contributed by atoms with Crippen molar-refractivity contribution in [1.29, 1.82) is 0 Å². The number of amides is 1. The number of nitrogens with zero attached hydrogens (tertiary/aromatic N) is 2. The number of unbranched alkanes of at least 4 members (excludes halogenated alkanes) is 11. The number of carbonyl (C=O) groups excluding carboxylic acids is 1. The maximum absolute atomic E-state index is 12.7. The minimum Gasteiger partial charge on any atom is -0.266 e. The molecule has 1 aliphatic rings. The molecule has 1 saturated heterocycles. The zero-order chi connectivity index (χ0) is 21.9. The first-order valence-electron chi connectivity index (χ1n) is 11.5. The van der Waals surface area contributed by atoms with Gasteiger partial charge in [0.05, 0.1) is 4.91 Å². The first-order valence-corrected chi connectivity index (χ1v) is 14.3. The molecule has 3 rings (SSSR count). The van der Waals surface area contributed by atoms with E-state index < -0.39 is 0 Å². The number of hydrogen-bond acceptors (Lipinski definition) is 6. The van der Waals surface area contributed by atoms with E-state index in [4.69, 9.17) is 12.2 Å². The molecule has 0 saturated carbocycles. The lowest BCUT2D eigenvalue weighted by Gasteiger charge is -2.04. The maximum atomic E-state index is 12.7. The van der Waals surface area contributed by atoms with Crippen LogP contribution in [-0.4, -0.2) is 15.2 Å². The van der Waals surface area contributed by atoms with Crippen LogP contribution in [0.3, 0.4) is 0 Å². The van der Waals surface area contributed by atoms with Crippen molar-refractivity contribution in [2.24, 2.45) is 5.10 Å². The molecule has 0 spiro atoms. The van der Waals surface area contributed by atoms with E-state index in [1.807, 2.05) is 12.1 Å². The van der Waals surface area contributed by atoms with Crippen LogP contribution in [0, 0.1) is 0 Å². The average molecular weight is 493 g/mol. The monoisotopic (exact) mass is 492 g/mol. The van der Waals surface area contributed by atoms with E-state index in [0.717, 1.165) is 21.7 Å². The number of thioether (sulfide) groups is 1. The van der Waals surface area contributed by atoms with Crippen molar-refractivity contribution < 1.29 is 4.79 Å². The van der Waals surface area contributed by atoms with Gasteiger partial charge in [0, 0.05) is 9.40 Å². The van der Waals surface area contributed by atoms with Gasteiger partial charge in [-0.2, -0.15) is 5.01 Å². The predicted octanol–water partition coefficient (Wildman–Crippen LogP) is 8.22. The lowest BCUT2D eigenvalue weighted by molar-refractivity contribution is -0.122. The molecule has 1 fully saturated rings. The molecule has 1 aliphatic heterocycles. The molecule has 168 valence electrons. The van der Waals surface area contributed by atoms with Gasteiger partial charge in [0.25, 0.3) is 5.91 Å². The van der Waals surface area contributed by atoms with Crippen molar-refractivity contribution in [3.8, 4) is 0 Å². The Bertz CT molecular complexity index is 924. The van der Waals surface area contributed by atoms with Gasteiger partial charge in [-0.15, -0.1) is 27.8 Å². The molecular formula is C24H32N2OS4. The van der Waals surface area contributed by atoms with Crippen molar-refractivity contribution in [3.63, 3.8) is 0 Å². The van der Waals surface area contributed by atoms with Crippen molar-refractivity contribution in [3.05, 3.63) is 39.2 Å². The highest BCUT2D eigenvalue weighted by Gasteiger charge is 2.32. The number of hydrogen-bond donors (Lipinski definition) is 0. The zero-order valence-corrected chi connectivity index (χ0v) is 21.6. The van der Waals surface area contributed by atoms with Crippen LogP contribution in [0.25, 0.3) is 9.40 Å². The summed E-state index contributed by atoms with van der Waals surface area (Å²) < 4.78 is 3.75. The summed E-state index contributed by atoms with van der Waals surface area (Å²) in [5.74, 6) is -0.0808. The Morgan fingerprint density at radius 1 is 0.903 bits per heavy atom. The minimum absolute atomic E-state index is 0.0808. The van der Waals surface area contributed by atoms with Crippen molar-refractivity contribution >= 4 is 66.3 Å². The van der Waals surface area contributed by atoms with E-state index in [1.54, 1.807) is 22.7 Å². The van der Waals surface area contributed by atoms with Crippen molar-refractivity contribution in [2.75, 3.05) is 0 Å². The van der Waals surface area contributed by atoms with Crippen LogP contribution in [0.15, 0.2) is 40.3 Å². The van der Waals surface area contributed by atoms with Gasteiger partial charge in [-0.05, 0) is 37.2 Å². The topological polar surface area (TPSA) is 32.7 Å². The number of thiocarbonyl (C=S) groups is 1. The standard InChI is InChI=1S/C24H32N2OS4/c1-2-3-4-5-6-7-8-9-10-11-12-13-18-21-22(27)26(24(28)31-21)25-23-29-19-16-14-15-17-20(19)30-23/h14-18H,2-13H2,1H3/b21-18+. The average Bonchev–Trinajstić information content (AvgIpc) is 3.30. The van der Waals surface area contributed by atoms with Crippen molar-refractivity contribution in [1.82, 2.24) is 5.01 Å². The third kappa shape index (κ3) is 7.81. The molecule has 0 atom stereocenters. The summed E-state index contributed by atoms with van der Waals surface area (Å²) in [6.07, 6.45) is 17.7. The molecule has 0 radical (unpaired) electrons. The van der Waals surface area contributed by atoms with Gasteiger partial charge in [0.1, 0.15) is 0 Å². The third-order valence-electron chi connectivity index (χ3n) is 5.34. The van der Waals surface area contributed by atoms with Gasteiger partial charge in [-0.25, -0.2) is 0 Å². The summed E-state index contributed by atoms with van der Waals surface area (Å²) in [5.41, 5.74) is 0. The van der Waals surface area contributed by atoms with Crippen LogP contribution in [0.1, 0.15) is 84.0 Å². The summed E-state index contributed by atoms with van der Waals surface area (Å²) in [6.45, 7) is 2.27. The summed E-state index contributed by atoms with van der Waals surface area (Å²) in [4.78, 5) is 13.5. The Morgan fingerprint density at radius 2 is 1.45 bits per heavy atom.